The van der Waals surface area contributed by atoms with Crippen LogP contribution in [-0.4, -0.2) is 24.1 Å². The van der Waals surface area contributed by atoms with E-state index in [1.165, 1.54) is 12.8 Å². The summed E-state index contributed by atoms with van der Waals surface area (Å²) in [7, 11) is 0. The van der Waals surface area contributed by atoms with Gasteiger partial charge in [0.1, 0.15) is 0 Å². The summed E-state index contributed by atoms with van der Waals surface area (Å²) in [4.78, 5) is 6.73. The van der Waals surface area contributed by atoms with Gasteiger partial charge in [-0.2, -0.15) is 0 Å². The van der Waals surface area contributed by atoms with Gasteiger partial charge < -0.3 is 10.6 Å². The van der Waals surface area contributed by atoms with E-state index in [-0.39, 0.29) is 0 Å². The van der Waals surface area contributed by atoms with Crippen LogP contribution in [0.1, 0.15) is 19.3 Å². The standard InChI is InChI=1S/C9H15N3S/c10-4-1-6-12(8-2-3-8)9-11-5-7-13-9/h5,7-8H,1-4,6,10H2. The molecule has 0 spiro atoms. The van der Waals surface area contributed by atoms with E-state index in [1.807, 2.05) is 11.6 Å². The summed E-state index contributed by atoms with van der Waals surface area (Å²) in [6.45, 7) is 1.84. The zero-order chi connectivity index (χ0) is 9.10. The molecule has 13 heavy (non-hydrogen) atoms. The fraction of sp³-hybridized carbons (Fsp3) is 0.667. The van der Waals surface area contributed by atoms with E-state index in [9.17, 15) is 0 Å². The van der Waals surface area contributed by atoms with Crippen LogP contribution in [0, 0.1) is 0 Å². The van der Waals surface area contributed by atoms with Crippen molar-refractivity contribution >= 4 is 16.5 Å². The Morgan fingerprint density at radius 3 is 3.00 bits per heavy atom. The van der Waals surface area contributed by atoms with Crippen molar-refractivity contribution < 1.29 is 0 Å². The zero-order valence-electron chi connectivity index (χ0n) is 7.65. The van der Waals surface area contributed by atoms with Gasteiger partial charge in [-0.15, -0.1) is 11.3 Å². The number of hydrogen-bond donors (Lipinski definition) is 1. The first-order chi connectivity index (χ1) is 6.42. The van der Waals surface area contributed by atoms with Crippen molar-refractivity contribution in [2.75, 3.05) is 18.0 Å². The number of thiazole rings is 1. The summed E-state index contributed by atoms with van der Waals surface area (Å²) in [6.07, 6.45) is 5.59. The van der Waals surface area contributed by atoms with Gasteiger partial charge in [-0.25, -0.2) is 4.98 Å². The first kappa shape index (κ1) is 8.97. The van der Waals surface area contributed by atoms with E-state index < -0.39 is 0 Å². The number of hydrogen-bond acceptors (Lipinski definition) is 4. The Bertz CT molecular complexity index is 243. The van der Waals surface area contributed by atoms with Crippen LogP contribution < -0.4 is 10.6 Å². The van der Waals surface area contributed by atoms with Crippen molar-refractivity contribution in [1.29, 1.82) is 0 Å². The molecular weight excluding hydrogens is 182 g/mol. The van der Waals surface area contributed by atoms with Gasteiger partial charge in [0.2, 0.25) is 0 Å². The van der Waals surface area contributed by atoms with Crippen LogP contribution in [0.15, 0.2) is 11.6 Å². The molecule has 72 valence electrons. The van der Waals surface area contributed by atoms with Crippen LogP contribution in [0.4, 0.5) is 5.13 Å². The third-order valence-corrected chi connectivity index (χ3v) is 3.06. The summed E-state index contributed by atoms with van der Waals surface area (Å²) in [5.41, 5.74) is 5.51. The second-order valence-corrected chi connectivity index (χ2v) is 4.25. The smallest absolute Gasteiger partial charge is 0.185 e. The molecule has 0 aromatic carbocycles. The monoisotopic (exact) mass is 197 g/mol. The quantitative estimate of drug-likeness (QED) is 0.777. The molecule has 0 amide bonds. The lowest BCUT2D eigenvalue weighted by Crippen LogP contribution is -2.28. The number of nitrogens with two attached hydrogens (primary N) is 1. The molecule has 1 fully saturated rings. The minimum atomic E-state index is 0.748. The molecule has 1 aliphatic carbocycles. The Hall–Kier alpha value is -0.610. The average molecular weight is 197 g/mol. The lowest BCUT2D eigenvalue weighted by molar-refractivity contribution is 0.730. The topological polar surface area (TPSA) is 42.1 Å². The Labute approximate surface area is 82.6 Å². The Morgan fingerprint density at radius 1 is 1.62 bits per heavy atom. The third kappa shape index (κ3) is 2.19. The van der Waals surface area contributed by atoms with E-state index in [2.05, 4.69) is 9.88 Å². The van der Waals surface area contributed by atoms with Gasteiger partial charge in [0.15, 0.2) is 5.13 Å². The molecule has 1 aromatic rings. The first-order valence-electron chi connectivity index (χ1n) is 4.78. The van der Waals surface area contributed by atoms with Gasteiger partial charge in [0.05, 0.1) is 0 Å². The van der Waals surface area contributed by atoms with Crippen LogP contribution in [0.2, 0.25) is 0 Å². The molecule has 0 aliphatic heterocycles. The van der Waals surface area contributed by atoms with E-state index in [0.29, 0.717) is 0 Å². The SMILES string of the molecule is NCCCN(c1nccs1)C1CC1. The average Bonchev–Trinajstić information content (AvgIpc) is 2.82. The summed E-state index contributed by atoms with van der Waals surface area (Å²) >= 11 is 1.72. The number of aromatic nitrogens is 1. The van der Waals surface area contributed by atoms with Gasteiger partial charge in [-0.1, -0.05) is 0 Å². The van der Waals surface area contributed by atoms with Crippen LogP contribution in [0.3, 0.4) is 0 Å². The van der Waals surface area contributed by atoms with Crippen molar-refractivity contribution in [3.8, 4) is 0 Å². The molecule has 1 heterocycles. The molecule has 0 saturated heterocycles. The van der Waals surface area contributed by atoms with Gasteiger partial charge in [-0.05, 0) is 25.8 Å². The second kappa shape index (κ2) is 4.07. The van der Waals surface area contributed by atoms with Gasteiger partial charge in [0.25, 0.3) is 0 Å². The highest BCUT2D eigenvalue weighted by molar-refractivity contribution is 7.13. The Balaban J connectivity index is 1.97. The molecule has 0 radical (unpaired) electrons. The first-order valence-corrected chi connectivity index (χ1v) is 5.66. The fourth-order valence-electron chi connectivity index (χ4n) is 1.44. The maximum atomic E-state index is 5.51. The Morgan fingerprint density at radius 2 is 2.46 bits per heavy atom. The van der Waals surface area contributed by atoms with Crippen LogP contribution in [-0.2, 0) is 0 Å². The minimum Gasteiger partial charge on any atom is -0.345 e. The van der Waals surface area contributed by atoms with Crippen LogP contribution in [0.5, 0.6) is 0 Å². The van der Waals surface area contributed by atoms with Crippen molar-refractivity contribution in [3.63, 3.8) is 0 Å². The van der Waals surface area contributed by atoms with Crippen molar-refractivity contribution in [1.82, 2.24) is 4.98 Å². The van der Waals surface area contributed by atoms with E-state index in [1.54, 1.807) is 11.3 Å². The highest BCUT2D eigenvalue weighted by Crippen LogP contribution is 2.32. The highest BCUT2D eigenvalue weighted by Gasteiger charge is 2.29. The third-order valence-electron chi connectivity index (χ3n) is 2.26. The molecule has 1 aliphatic rings. The molecular formula is C9H15N3S. The maximum Gasteiger partial charge on any atom is 0.185 e. The molecule has 1 saturated carbocycles. The van der Waals surface area contributed by atoms with Crippen molar-refractivity contribution in [2.45, 2.75) is 25.3 Å². The molecule has 4 heteroatoms. The van der Waals surface area contributed by atoms with E-state index in [4.69, 9.17) is 5.73 Å². The molecule has 0 unspecified atom stereocenters. The normalized spacial score (nSPS) is 16.1. The van der Waals surface area contributed by atoms with Gasteiger partial charge >= 0.3 is 0 Å². The van der Waals surface area contributed by atoms with Crippen molar-refractivity contribution in [2.24, 2.45) is 5.73 Å². The fourth-order valence-corrected chi connectivity index (χ4v) is 2.18. The van der Waals surface area contributed by atoms with E-state index in [0.717, 1.165) is 30.7 Å². The molecule has 3 nitrogen and oxygen atoms in total. The zero-order valence-corrected chi connectivity index (χ0v) is 8.46. The molecule has 0 atom stereocenters. The van der Waals surface area contributed by atoms with Gasteiger partial charge in [0, 0.05) is 24.2 Å². The van der Waals surface area contributed by atoms with Crippen LogP contribution in [0.25, 0.3) is 0 Å². The summed E-state index contributed by atoms with van der Waals surface area (Å²) in [5, 5.41) is 3.20. The molecule has 1 aromatic heterocycles. The molecule has 2 N–H and O–H groups in total. The van der Waals surface area contributed by atoms with Gasteiger partial charge in [-0.3, -0.25) is 0 Å². The lowest BCUT2D eigenvalue weighted by atomic mass is 10.4. The largest absolute Gasteiger partial charge is 0.345 e. The minimum absolute atomic E-state index is 0.748. The van der Waals surface area contributed by atoms with Crippen molar-refractivity contribution in [3.05, 3.63) is 11.6 Å². The summed E-state index contributed by atoms with van der Waals surface area (Å²) in [6, 6.07) is 0.748. The number of nitrogens with zero attached hydrogens (tertiary/aromatic N) is 2. The lowest BCUT2D eigenvalue weighted by Gasteiger charge is -2.20. The number of rotatable bonds is 5. The predicted molar refractivity (Wildman–Crippen MR) is 56.2 cm³/mol. The highest BCUT2D eigenvalue weighted by atomic mass is 32.1. The van der Waals surface area contributed by atoms with E-state index >= 15 is 0 Å². The molecule has 0 bridgehead atoms. The Kier molecular flexibility index (Phi) is 2.80. The summed E-state index contributed by atoms with van der Waals surface area (Å²) in [5.74, 6) is 0. The van der Waals surface area contributed by atoms with Crippen LogP contribution >= 0.6 is 11.3 Å². The number of anilines is 1. The summed E-state index contributed by atoms with van der Waals surface area (Å²) < 4.78 is 0. The maximum absolute atomic E-state index is 5.51. The molecule has 2 rings (SSSR count). The second-order valence-electron chi connectivity index (χ2n) is 3.38. The predicted octanol–water partition coefficient (Wildman–Crippen LogP) is 1.46.